The molecule has 0 spiro atoms. The second-order valence-corrected chi connectivity index (χ2v) is 7.73. The first-order chi connectivity index (χ1) is 14.7. The van der Waals surface area contributed by atoms with Crippen molar-refractivity contribution < 1.29 is 38.4 Å². The van der Waals surface area contributed by atoms with Gasteiger partial charge in [-0.25, -0.2) is 9.59 Å². The van der Waals surface area contributed by atoms with E-state index in [2.05, 4.69) is 13.5 Å². The lowest BCUT2D eigenvalue weighted by atomic mass is 10.1. The third kappa shape index (κ3) is 8.06. The van der Waals surface area contributed by atoms with Crippen LogP contribution in [0.1, 0.15) is 51.0 Å². The first-order valence-corrected chi connectivity index (χ1v) is 10.4. The van der Waals surface area contributed by atoms with E-state index in [9.17, 15) is 14.7 Å². The van der Waals surface area contributed by atoms with E-state index in [1.54, 1.807) is 6.07 Å². The summed E-state index contributed by atoms with van der Waals surface area (Å²) in [6, 6.07) is 5.38. The largest absolute Gasteiger partial charge is 0.460 e. The molecule has 0 bridgehead atoms. The first-order valence-electron chi connectivity index (χ1n) is 10.4. The monoisotopic (exact) mass is 436 g/mol. The Morgan fingerprint density at radius 2 is 2.03 bits per heavy atom. The van der Waals surface area contributed by atoms with Gasteiger partial charge in [0.2, 0.25) is 0 Å². The summed E-state index contributed by atoms with van der Waals surface area (Å²) in [5.41, 5.74) is 1.86. The van der Waals surface area contributed by atoms with Crippen LogP contribution < -0.4 is 4.74 Å². The Morgan fingerprint density at radius 1 is 1.29 bits per heavy atom. The van der Waals surface area contributed by atoms with E-state index >= 15 is 0 Å². The van der Waals surface area contributed by atoms with Crippen molar-refractivity contribution in [3.05, 3.63) is 41.5 Å². The molecule has 8 nitrogen and oxygen atoms in total. The van der Waals surface area contributed by atoms with Gasteiger partial charge in [-0.2, -0.15) is 0 Å². The highest BCUT2D eigenvalue weighted by molar-refractivity contribution is 5.86. The smallest absolute Gasteiger partial charge is 0.337 e. The molecule has 1 N–H and O–H groups in total. The summed E-state index contributed by atoms with van der Waals surface area (Å²) in [6.45, 7) is 10.1. The maximum Gasteiger partial charge on any atom is 0.337 e. The molecule has 1 saturated heterocycles. The maximum atomic E-state index is 12.0. The summed E-state index contributed by atoms with van der Waals surface area (Å²) in [6.07, 6.45) is 0.556. The predicted octanol–water partition coefficient (Wildman–Crippen LogP) is 3.00. The van der Waals surface area contributed by atoms with Crippen LogP contribution >= 0.6 is 0 Å². The van der Waals surface area contributed by atoms with Gasteiger partial charge in [0, 0.05) is 11.1 Å². The van der Waals surface area contributed by atoms with Crippen LogP contribution in [0.3, 0.4) is 0 Å². The molecule has 1 aliphatic heterocycles. The Balaban J connectivity index is 1.80. The summed E-state index contributed by atoms with van der Waals surface area (Å²) >= 11 is 0. The van der Waals surface area contributed by atoms with Crippen molar-refractivity contribution in [2.24, 2.45) is 0 Å². The Kier molecular flexibility index (Phi) is 9.64. The summed E-state index contributed by atoms with van der Waals surface area (Å²) in [5, 5.41) is 9.73. The third-order valence-corrected chi connectivity index (χ3v) is 4.70. The molecule has 172 valence electrons. The molecule has 8 heteroatoms. The van der Waals surface area contributed by atoms with Crippen molar-refractivity contribution in [2.75, 3.05) is 19.8 Å². The zero-order valence-corrected chi connectivity index (χ0v) is 18.6. The molecular formula is C23H32O8. The highest BCUT2D eigenvalue weighted by atomic mass is 16.7. The van der Waals surface area contributed by atoms with Crippen LogP contribution in [0.2, 0.25) is 0 Å². The van der Waals surface area contributed by atoms with E-state index < -0.39 is 24.3 Å². The highest BCUT2D eigenvalue weighted by Crippen LogP contribution is 2.33. The van der Waals surface area contributed by atoms with Gasteiger partial charge in [-0.1, -0.05) is 19.6 Å². The van der Waals surface area contributed by atoms with E-state index in [0.717, 1.165) is 24.0 Å². The molecule has 1 aromatic rings. The number of ether oxygens (including phenoxy) is 5. The van der Waals surface area contributed by atoms with Gasteiger partial charge in [0.15, 0.2) is 6.29 Å². The minimum absolute atomic E-state index is 0.110. The first kappa shape index (κ1) is 25.0. The molecular weight excluding hydrogens is 404 g/mol. The van der Waals surface area contributed by atoms with Crippen molar-refractivity contribution in [2.45, 2.75) is 65.1 Å². The molecule has 0 radical (unpaired) electrons. The number of aliphatic hydroxyl groups excluding tert-OH is 1. The lowest BCUT2D eigenvalue weighted by molar-refractivity contribution is -0.243. The number of hydrogen-bond acceptors (Lipinski definition) is 8. The fraction of sp³-hybridized carbons (Fsp3) is 0.565. The Hall–Kier alpha value is -2.26. The van der Waals surface area contributed by atoms with E-state index in [1.807, 2.05) is 26.0 Å². The van der Waals surface area contributed by atoms with Crippen molar-refractivity contribution in [1.29, 1.82) is 0 Å². The molecule has 4 unspecified atom stereocenters. The Morgan fingerprint density at radius 3 is 2.68 bits per heavy atom. The van der Waals surface area contributed by atoms with Crippen LogP contribution in [0.4, 0.5) is 0 Å². The molecule has 1 fully saturated rings. The molecule has 2 rings (SSSR count). The Bertz CT molecular complexity index is 775. The third-order valence-electron chi connectivity index (χ3n) is 4.70. The summed E-state index contributed by atoms with van der Waals surface area (Å²) in [4.78, 5) is 23.3. The van der Waals surface area contributed by atoms with Gasteiger partial charge >= 0.3 is 11.9 Å². The van der Waals surface area contributed by atoms with Crippen LogP contribution in [-0.2, 0) is 28.5 Å². The maximum absolute atomic E-state index is 12.0. The standard InChI is InChI=1S/C23H32O8/c1-6-19-10-16(5)29-23(30-19)17-7-8-20(15(4)9-17)31-21(25)13-27-11-18(24)12-28-22(26)14(2)3/h7-9,16,18-19,23-24H,2,6,10-13H2,1,3-5H3. The second kappa shape index (κ2) is 12.0. The quantitative estimate of drug-likeness (QED) is 0.339. The number of carbonyl (C=O) groups excluding carboxylic acids is 2. The van der Waals surface area contributed by atoms with Gasteiger partial charge in [0.05, 0.1) is 18.8 Å². The summed E-state index contributed by atoms with van der Waals surface area (Å²) in [5.74, 6) is -0.794. The number of benzene rings is 1. The number of rotatable bonds is 10. The number of carbonyl (C=O) groups is 2. The number of hydrogen-bond donors (Lipinski definition) is 1. The van der Waals surface area contributed by atoms with Crippen molar-refractivity contribution >= 4 is 11.9 Å². The molecule has 0 amide bonds. The van der Waals surface area contributed by atoms with Gasteiger partial charge in [0.25, 0.3) is 0 Å². The van der Waals surface area contributed by atoms with Crippen LogP contribution in [0.5, 0.6) is 5.75 Å². The molecule has 4 atom stereocenters. The van der Waals surface area contributed by atoms with Gasteiger partial charge < -0.3 is 28.8 Å². The molecule has 0 aromatic heterocycles. The predicted molar refractivity (Wildman–Crippen MR) is 112 cm³/mol. The lowest BCUT2D eigenvalue weighted by Gasteiger charge is -2.34. The van der Waals surface area contributed by atoms with Gasteiger partial charge in [-0.05, 0) is 51.3 Å². The van der Waals surface area contributed by atoms with Crippen molar-refractivity contribution in [1.82, 2.24) is 0 Å². The van der Waals surface area contributed by atoms with E-state index in [-0.39, 0.29) is 37.6 Å². The average Bonchev–Trinajstić information content (AvgIpc) is 2.72. The van der Waals surface area contributed by atoms with E-state index in [1.165, 1.54) is 6.92 Å². The fourth-order valence-electron chi connectivity index (χ4n) is 3.03. The SMILES string of the molecule is C=C(C)C(=O)OCC(O)COCC(=O)Oc1ccc(C2OC(C)CC(CC)O2)cc1C. The highest BCUT2D eigenvalue weighted by Gasteiger charge is 2.28. The average molecular weight is 437 g/mol. The molecule has 31 heavy (non-hydrogen) atoms. The molecule has 1 aromatic carbocycles. The molecule has 1 heterocycles. The number of aryl methyl sites for hydroxylation is 1. The summed E-state index contributed by atoms with van der Waals surface area (Å²) < 4.78 is 27.2. The normalized spacial score (nSPS) is 21.9. The van der Waals surface area contributed by atoms with Gasteiger partial charge in [-0.3, -0.25) is 0 Å². The van der Waals surface area contributed by atoms with E-state index in [0.29, 0.717) is 5.75 Å². The van der Waals surface area contributed by atoms with Crippen LogP contribution in [0.25, 0.3) is 0 Å². The topological polar surface area (TPSA) is 101 Å². The van der Waals surface area contributed by atoms with Gasteiger partial charge in [-0.15, -0.1) is 0 Å². The summed E-state index contributed by atoms with van der Waals surface area (Å²) in [7, 11) is 0. The minimum atomic E-state index is -1.05. The lowest BCUT2D eigenvalue weighted by Crippen LogP contribution is -2.31. The van der Waals surface area contributed by atoms with Crippen LogP contribution in [0, 0.1) is 6.92 Å². The molecule has 0 aliphatic carbocycles. The molecule has 0 saturated carbocycles. The number of esters is 2. The minimum Gasteiger partial charge on any atom is -0.460 e. The number of aliphatic hydroxyl groups is 1. The van der Waals surface area contributed by atoms with Crippen molar-refractivity contribution in [3.63, 3.8) is 0 Å². The van der Waals surface area contributed by atoms with E-state index in [4.69, 9.17) is 23.7 Å². The van der Waals surface area contributed by atoms with Gasteiger partial charge in [0.1, 0.15) is 25.1 Å². The second-order valence-electron chi connectivity index (χ2n) is 7.73. The van der Waals surface area contributed by atoms with Crippen molar-refractivity contribution in [3.8, 4) is 5.75 Å². The molecule has 1 aliphatic rings. The zero-order valence-electron chi connectivity index (χ0n) is 18.6. The van der Waals surface area contributed by atoms with Crippen LogP contribution in [0.15, 0.2) is 30.4 Å². The fourth-order valence-corrected chi connectivity index (χ4v) is 3.03. The van der Waals surface area contributed by atoms with Crippen LogP contribution in [-0.4, -0.2) is 55.2 Å². The Labute approximate surface area is 183 Å². The zero-order chi connectivity index (χ0) is 23.0.